The number of carbonyl (C=O) groups excluding carboxylic acids is 2. The maximum atomic E-state index is 13.4. The molecule has 0 bridgehead atoms. The minimum absolute atomic E-state index is 0.0303. The molecule has 4 rings (SSSR count). The van der Waals surface area contributed by atoms with E-state index in [9.17, 15) is 14.7 Å². The molecule has 1 aliphatic heterocycles. The summed E-state index contributed by atoms with van der Waals surface area (Å²) in [6, 6.07) is 17.2. The van der Waals surface area contributed by atoms with Crippen molar-refractivity contribution in [2.24, 2.45) is 0 Å². The molecule has 1 saturated heterocycles. The average Bonchev–Trinajstić information content (AvgIpc) is 3.15. The number of ketones is 1. The van der Waals surface area contributed by atoms with E-state index in [0.29, 0.717) is 28.3 Å². The first-order valence-electron chi connectivity index (χ1n) is 11.2. The Labute approximate surface area is 212 Å². The van der Waals surface area contributed by atoms with Crippen LogP contribution < -0.4 is 14.4 Å². The number of carbonyl (C=O) groups is 2. The van der Waals surface area contributed by atoms with Crippen LogP contribution in [0, 0.1) is 6.92 Å². The van der Waals surface area contributed by atoms with Gasteiger partial charge in [-0.25, -0.2) is 0 Å². The van der Waals surface area contributed by atoms with Crippen molar-refractivity contribution in [2.45, 2.75) is 26.3 Å². The second-order valence-electron chi connectivity index (χ2n) is 8.30. The topological polar surface area (TPSA) is 76.1 Å². The first-order chi connectivity index (χ1) is 16.8. The van der Waals surface area contributed by atoms with Gasteiger partial charge in [0.1, 0.15) is 17.3 Å². The van der Waals surface area contributed by atoms with Crippen molar-refractivity contribution in [3.05, 3.63) is 93.0 Å². The van der Waals surface area contributed by atoms with Crippen molar-refractivity contribution >= 4 is 39.1 Å². The maximum absolute atomic E-state index is 13.4. The number of rotatable bonds is 6. The standard InChI is InChI=1S/C28H26BrNO5/c1-5-17-6-8-18(9-7-17)25-24(26(31)19-10-11-23(29)16(2)12-19)27(32)28(33)30(25)20-13-21(34-3)15-22(14-20)35-4/h6-15,25,31H,5H2,1-4H3/b26-24+. The van der Waals surface area contributed by atoms with Crippen LogP contribution in [0.3, 0.4) is 0 Å². The minimum atomic E-state index is -0.832. The Balaban J connectivity index is 1.96. The maximum Gasteiger partial charge on any atom is 0.300 e. The van der Waals surface area contributed by atoms with E-state index in [4.69, 9.17) is 9.47 Å². The summed E-state index contributed by atoms with van der Waals surface area (Å²) in [5, 5.41) is 11.3. The summed E-state index contributed by atoms with van der Waals surface area (Å²) < 4.78 is 11.7. The van der Waals surface area contributed by atoms with E-state index in [2.05, 4.69) is 22.9 Å². The quantitative estimate of drug-likeness (QED) is 0.239. The Morgan fingerprint density at radius 3 is 2.14 bits per heavy atom. The molecule has 35 heavy (non-hydrogen) atoms. The predicted molar refractivity (Wildman–Crippen MR) is 139 cm³/mol. The lowest BCUT2D eigenvalue weighted by molar-refractivity contribution is -0.132. The van der Waals surface area contributed by atoms with Crippen molar-refractivity contribution in [3.63, 3.8) is 0 Å². The predicted octanol–water partition coefficient (Wildman–Crippen LogP) is 5.96. The van der Waals surface area contributed by atoms with Crippen LogP contribution in [0.25, 0.3) is 5.76 Å². The highest BCUT2D eigenvalue weighted by Gasteiger charge is 2.47. The summed E-state index contributed by atoms with van der Waals surface area (Å²) >= 11 is 3.46. The molecule has 0 radical (unpaired) electrons. The number of amides is 1. The highest BCUT2D eigenvalue weighted by molar-refractivity contribution is 9.10. The zero-order chi connectivity index (χ0) is 25.3. The molecule has 0 aliphatic carbocycles. The number of anilines is 1. The summed E-state index contributed by atoms with van der Waals surface area (Å²) in [6.45, 7) is 3.95. The van der Waals surface area contributed by atoms with Crippen LogP contribution in [-0.2, 0) is 16.0 Å². The first-order valence-corrected chi connectivity index (χ1v) is 12.0. The van der Waals surface area contributed by atoms with E-state index in [-0.39, 0.29) is 11.3 Å². The van der Waals surface area contributed by atoms with Crippen LogP contribution >= 0.6 is 15.9 Å². The summed E-state index contributed by atoms with van der Waals surface area (Å²) in [5.74, 6) is -0.759. The van der Waals surface area contributed by atoms with E-state index in [1.807, 2.05) is 31.2 Å². The van der Waals surface area contributed by atoms with Gasteiger partial charge in [-0.2, -0.15) is 0 Å². The molecule has 1 heterocycles. The van der Waals surface area contributed by atoms with E-state index < -0.39 is 17.7 Å². The van der Waals surface area contributed by atoms with E-state index in [0.717, 1.165) is 22.0 Å². The molecule has 180 valence electrons. The van der Waals surface area contributed by atoms with Gasteiger partial charge in [-0.3, -0.25) is 14.5 Å². The largest absolute Gasteiger partial charge is 0.507 e. The van der Waals surface area contributed by atoms with Crippen molar-refractivity contribution in [1.82, 2.24) is 0 Å². The molecule has 1 fully saturated rings. The number of aliphatic hydroxyl groups is 1. The number of Topliss-reactive ketones (excluding diaryl/α,β-unsaturated/α-hetero) is 1. The van der Waals surface area contributed by atoms with Crippen LogP contribution in [0.4, 0.5) is 5.69 Å². The van der Waals surface area contributed by atoms with Crippen LogP contribution in [0.1, 0.15) is 35.2 Å². The van der Waals surface area contributed by atoms with Gasteiger partial charge in [0.25, 0.3) is 11.7 Å². The van der Waals surface area contributed by atoms with Crippen LogP contribution in [-0.4, -0.2) is 31.0 Å². The van der Waals surface area contributed by atoms with E-state index in [1.165, 1.54) is 19.1 Å². The fraction of sp³-hybridized carbons (Fsp3) is 0.214. The Hall–Kier alpha value is -3.58. The third kappa shape index (κ3) is 4.56. The number of ether oxygens (including phenoxy) is 2. The van der Waals surface area contributed by atoms with E-state index in [1.54, 1.807) is 36.4 Å². The Morgan fingerprint density at radius 1 is 0.971 bits per heavy atom. The lowest BCUT2D eigenvalue weighted by Crippen LogP contribution is -2.29. The van der Waals surface area contributed by atoms with Gasteiger partial charge in [0.15, 0.2) is 0 Å². The fourth-order valence-electron chi connectivity index (χ4n) is 4.23. The Bertz CT molecular complexity index is 1310. The van der Waals surface area contributed by atoms with Gasteiger partial charge in [0.2, 0.25) is 0 Å². The van der Waals surface area contributed by atoms with Crippen molar-refractivity contribution in [1.29, 1.82) is 0 Å². The monoisotopic (exact) mass is 535 g/mol. The second-order valence-corrected chi connectivity index (χ2v) is 9.15. The number of benzene rings is 3. The molecule has 0 saturated carbocycles. The van der Waals surface area contributed by atoms with E-state index >= 15 is 0 Å². The number of nitrogens with zero attached hydrogens (tertiary/aromatic N) is 1. The molecule has 6 nitrogen and oxygen atoms in total. The highest BCUT2D eigenvalue weighted by Crippen LogP contribution is 2.44. The van der Waals surface area contributed by atoms with Gasteiger partial charge < -0.3 is 14.6 Å². The molecule has 7 heteroatoms. The number of aryl methyl sites for hydroxylation is 2. The normalized spacial score (nSPS) is 17.1. The molecule has 1 N–H and O–H groups in total. The summed E-state index contributed by atoms with van der Waals surface area (Å²) in [6.07, 6.45) is 0.853. The third-order valence-corrected chi connectivity index (χ3v) is 7.08. The number of hydrogen-bond donors (Lipinski definition) is 1. The minimum Gasteiger partial charge on any atom is -0.507 e. The molecule has 1 amide bonds. The van der Waals surface area contributed by atoms with Crippen molar-refractivity contribution < 1.29 is 24.2 Å². The second kappa shape index (κ2) is 9.96. The van der Waals surface area contributed by atoms with Gasteiger partial charge in [-0.15, -0.1) is 0 Å². The molecule has 3 aromatic rings. The summed E-state index contributed by atoms with van der Waals surface area (Å²) in [5.41, 5.74) is 3.64. The van der Waals surface area contributed by atoms with Gasteiger partial charge in [0.05, 0.1) is 31.5 Å². The Kier molecular flexibility index (Phi) is 6.98. The van der Waals surface area contributed by atoms with Crippen molar-refractivity contribution in [3.8, 4) is 11.5 Å². The molecule has 1 atom stereocenters. The third-order valence-electron chi connectivity index (χ3n) is 6.19. The smallest absolute Gasteiger partial charge is 0.300 e. The van der Waals surface area contributed by atoms with Gasteiger partial charge in [0, 0.05) is 28.2 Å². The lowest BCUT2D eigenvalue weighted by Gasteiger charge is -2.26. The van der Waals surface area contributed by atoms with Crippen molar-refractivity contribution in [2.75, 3.05) is 19.1 Å². The lowest BCUT2D eigenvalue weighted by atomic mass is 9.94. The average molecular weight is 536 g/mol. The zero-order valence-electron chi connectivity index (χ0n) is 20.0. The SMILES string of the molecule is CCc1ccc(C2/C(=C(\O)c3ccc(Br)c(C)c3)C(=O)C(=O)N2c2cc(OC)cc(OC)c2)cc1. The molecule has 1 aliphatic rings. The molecular formula is C28H26BrNO5. The molecular weight excluding hydrogens is 510 g/mol. The number of hydrogen-bond acceptors (Lipinski definition) is 5. The van der Waals surface area contributed by atoms with Crippen LogP contribution in [0.2, 0.25) is 0 Å². The first kappa shape index (κ1) is 24.5. The number of halogens is 1. The van der Waals surface area contributed by atoms with Crippen LogP contribution in [0.15, 0.2) is 70.7 Å². The molecule has 0 spiro atoms. The number of aliphatic hydroxyl groups excluding tert-OH is 1. The molecule has 3 aromatic carbocycles. The summed E-state index contributed by atoms with van der Waals surface area (Å²) in [7, 11) is 3.03. The molecule has 1 unspecified atom stereocenters. The number of methoxy groups -OCH3 is 2. The summed E-state index contributed by atoms with van der Waals surface area (Å²) in [4.78, 5) is 28.2. The molecule has 0 aromatic heterocycles. The van der Waals surface area contributed by atoms with Gasteiger partial charge >= 0.3 is 0 Å². The Morgan fingerprint density at radius 2 is 1.60 bits per heavy atom. The highest BCUT2D eigenvalue weighted by atomic mass is 79.9. The fourth-order valence-corrected chi connectivity index (χ4v) is 4.48. The van der Waals surface area contributed by atoms with Gasteiger partial charge in [-0.05, 0) is 42.2 Å². The zero-order valence-corrected chi connectivity index (χ0v) is 21.5. The van der Waals surface area contributed by atoms with Crippen LogP contribution in [0.5, 0.6) is 11.5 Å². The van der Waals surface area contributed by atoms with Gasteiger partial charge in [-0.1, -0.05) is 53.2 Å².